The number of carbonyl (C=O) groups excluding carboxylic acids is 1. The molecule has 0 aromatic heterocycles. The van der Waals surface area contributed by atoms with E-state index in [1.807, 2.05) is 0 Å². The molecule has 1 N–H and O–H groups in total. The minimum Gasteiger partial charge on any atom is -0.478 e. The van der Waals surface area contributed by atoms with Crippen molar-refractivity contribution in [1.29, 1.82) is 0 Å². The molecule has 22 heavy (non-hydrogen) atoms. The number of sulfonamides is 1. The normalized spacial score (nSPS) is 16.5. The summed E-state index contributed by atoms with van der Waals surface area (Å²) in [6, 6.07) is 3.55. The van der Waals surface area contributed by atoms with Gasteiger partial charge in [-0.2, -0.15) is 4.31 Å². The van der Waals surface area contributed by atoms with E-state index < -0.39 is 16.0 Å². The van der Waals surface area contributed by atoms with E-state index in [0.29, 0.717) is 13.1 Å². The molecule has 0 radical (unpaired) electrons. The first-order valence-corrected chi connectivity index (χ1v) is 8.34. The Morgan fingerprint density at radius 1 is 1.18 bits per heavy atom. The predicted molar refractivity (Wildman–Crippen MR) is 79.4 cm³/mol. The number of rotatable bonds is 3. The molecule has 0 atom stereocenters. The van der Waals surface area contributed by atoms with Crippen molar-refractivity contribution < 1.29 is 23.1 Å². The third-order valence-electron chi connectivity index (χ3n) is 3.48. The lowest BCUT2D eigenvalue weighted by Gasteiger charge is -2.33. The van der Waals surface area contributed by atoms with Crippen LogP contribution in [0.2, 0.25) is 5.02 Å². The second-order valence-corrected chi connectivity index (χ2v) is 7.17. The van der Waals surface area contributed by atoms with Crippen molar-refractivity contribution >= 4 is 33.5 Å². The molecule has 9 heteroatoms. The van der Waals surface area contributed by atoms with Gasteiger partial charge in [-0.15, -0.1) is 0 Å². The minimum atomic E-state index is -3.90. The quantitative estimate of drug-likeness (QED) is 0.877. The molecule has 0 unspecified atom stereocenters. The number of nitrogens with zero attached hydrogens (tertiary/aromatic N) is 2. The minimum absolute atomic E-state index is 0.0287. The third kappa shape index (κ3) is 3.23. The molecule has 120 valence electrons. The lowest BCUT2D eigenvalue weighted by molar-refractivity contribution is -0.129. The first-order valence-electron chi connectivity index (χ1n) is 6.52. The first-order chi connectivity index (χ1) is 10.2. The molecule has 1 saturated heterocycles. The Bertz CT molecular complexity index is 711. The van der Waals surface area contributed by atoms with Gasteiger partial charge in [0.15, 0.2) is 0 Å². The summed E-state index contributed by atoms with van der Waals surface area (Å²) >= 11 is 5.92. The van der Waals surface area contributed by atoms with E-state index in [-0.39, 0.29) is 34.5 Å². The maximum Gasteiger partial charge on any atom is 0.335 e. The zero-order valence-electron chi connectivity index (χ0n) is 11.8. The molecule has 0 aliphatic carbocycles. The second-order valence-electron chi connectivity index (χ2n) is 4.86. The number of halogens is 1. The van der Waals surface area contributed by atoms with Crippen LogP contribution in [0.3, 0.4) is 0 Å². The molecular weight excluding hydrogens is 332 g/mol. The molecule has 1 aliphatic rings. The highest BCUT2D eigenvalue weighted by atomic mass is 35.5. The van der Waals surface area contributed by atoms with Gasteiger partial charge in [0, 0.05) is 33.1 Å². The summed E-state index contributed by atoms with van der Waals surface area (Å²) in [4.78, 5) is 23.6. The maximum atomic E-state index is 12.6. The summed E-state index contributed by atoms with van der Waals surface area (Å²) < 4.78 is 26.4. The maximum absolute atomic E-state index is 12.6. The van der Waals surface area contributed by atoms with Crippen molar-refractivity contribution in [1.82, 2.24) is 9.21 Å². The highest BCUT2D eigenvalue weighted by molar-refractivity contribution is 7.89. The number of amides is 1. The fourth-order valence-corrected chi connectivity index (χ4v) is 4.14. The Balaban J connectivity index is 2.30. The Labute approximate surface area is 133 Å². The largest absolute Gasteiger partial charge is 0.478 e. The van der Waals surface area contributed by atoms with E-state index in [2.05, 4.69) is 0 Å². The van der Waals surface area contributed by atoms with Crippen molar-refractivity contribution in [3.05, 3.63) is 28.8 Å². The monoisotopic (exact) mass is 346 g/mol. The van der Waals surface area contributed by atoms with Gasteiger partial charge in [-0.3, -0.25) is 4.79 Å². The highest BCUT2D eigenvalue weighted by Crippen LogP contribution is 2.26. The third-order valence-corrected chi connectivity index (χ3v) is 5.86. The summed E-state index contributed by atoms with van der Waals surface area (Å²) in [5.74, 6) is -1.34. The zero-order valence-corrected chi connectivity index (χ0v) is 13.4. The topological polar surface area (TPSA) is 95.0 Å². The van der Waals surface area contributed by atoms with Crippen LogP contribution in [0, 0.1) is 0 Å². The fraction of sp³-hybridized carbons (Fsp3) is 0.385. The molecule has 2 rings (SSSR count). The van der Waals surface area contributed by atoms with Gasteiger partial charge in [0.1, 0.15) is 4.90 Å². The summed E-state index contributed by atoms with van der Waals surface area (Å²) in [6.07, 6.45) is 0. The van der Waals surface area contributed by atoms with Crippen LogP contribution in [0.1, 0.15) is 17.3 Å². The van der Waals surface area contributed by atoms with Gasteiger partial charge in [-0.25, -0.2) is 13.2 Å². The number of carboxylic acid groups (broad SMARTS) is 1. The number of hydrogen-bond acceptors (Lipinski definition) is 4. The van der Waals surface area contributed by atoms with E-state index >= 15 is 0 Å². The van der Waals surface area contributed by atoms with Gasteiger partial charge in [0.2, 0.25) is 15.9 Å². The van der Waals surface area contributed by atoms with Gasteiger partial charge < -0.3 is 10.0 Å². The number of hydrogen-bond donors (Lipinski definition) is 1. The number of piperazine rings is 1. The molecule has 1 aromatic rings. The fourth-order valence-electron chi connectivity index (χ4n) is 2.22. The van der Waals surface area contributed by atoms with E-state index in [1.54, 1.807) is 4.90 Å². The van der Waals surface area contributed by atoms with Crippen LogP contribution in [0.4, 0.5) is 0 Å². The van der Waals surface area contributed by atoms with Crippen molar-refractivity contribution in [2.45, 2.75) is 11.8 Å². The van der Waals surface area contributed by atoms with E-state index in [9.17, 15) is 18.0 Å². The Hall–Kier alpha value is -1.64. The van der Waals surface area contributed by atoms with Crippen LogP contribution in [-0.2, 0) is 14.8 Å². The summed E-state index contributed by atoms with van der Waals surface area (Å²) in [5, 5.41) is 8.95. The van der Waals surface area contributed by atoms with Gasteiger partial charge >= 0.3 is 5.97 Å². The number of carbonyl (C=O) groups is 2. The lowest BCUT2D eigenvalue weighted by Crippen LogP contribution is -2.50. The molecule has 1 aromatic carbocycles. The summed E-state index contributed by atoms with van der Waals surface area (Å²) in [5.41, 5.74) is -0.148. The predicted octanol–water partition coefficient (Wildman–Crippen LogP) is 0.891. The van der Waals surface area contributed by atoms with Crippen molar-refractivity contribution in [3.8, 4) is 0 Å². The molecule has 1 aliphatic heterocycles. The van der Waals surface area contributed by atoms with Crippen LogP contribution < -0.4 is 0 Å². The first kappa shape index (κ1) is 16.7. The van der Waals surface area contributed by atoms with Gasteiger partial charge in [0.05, 0.1) is 10.6 Å². The standard InChI is InChI=1S/C13H15ClN2O5S/c1-9(17)15-4-6-16(7-5-15)22(20,21)12-8-10(13(18)19)2-3-11(12)14/h2-3,8H,4-7H2,1H3,(H,18,19). The second kappa shape index (κ2) is 6.23. The van der Waals surface area contributed by atoms with E-state index in [4.69, 9.17) is 16.7 Å². The zero-order chi connectivity index (χ0) is 16.5. The molecule has 0 saturated carbocycles. The summed E-state index contributed by atoms with van der Waals surface area (Å²) in [7, 11) is -3.90. The number of aromatic carboxylic acids is 1. The van der Waals surface area contributed by atoms with Crippen molar-refractivity contribution in [2.75, 3.05) is 26.2 Å². The van der Waals surface area contributed by atoms with Crippen LogP contribution in [0.5, 0.6) is 0 Å². The molecule has 1 amide bonds. The molecular formula is C13H15ClN2O5S. The SMILES string of the molecule is CC(=O)N1CCN(S(=O)(=O)c2cc(C(=O)O)ccc2Cl)CC1. The van der Waals surface area contributed by atoms with Crippen LogP contribution in [0.15, 0.2) is 23.1 Å². The number of benzene rings is 1. The lowest BCUT2D eigenvalue weighted by atomic mass is 10.2. The molecule has 0 spiro atoms. The molecule has 0 bridgehead atoms. The van der Waals surface area contributed by atoms with Crippen LogP contribution >= 0.6 is 11.6 Å². The van der Waals surface area contributed by atoms with Gasteiger partial charge in [-0.05, 0) is 18.2 Å². The van der Waals surface area contributed by atoms with Crippen molar-refractivity contribution in [3.63, 3.8) is 0 Å². The molecule has 1 fully saturated rings. The average Bonchev–Trinajstić information content (AvgIpc) is 2.47. The Morgan fingerprint density at radius 3 is 2.27 bits per heavy atom. The van der Waals surface area contributed by atoms with Crippen LogP contribution in [0.25, 0.3) is 0 Å². The smallest absolute Gasteiger partial charge is 0.335 e. The van der Waals surface area contributed by atoms with Crippen molar-refractivity contribution in [2.24, 2.45) is 0 Å². The molecule has 7 nitrogen and oxygen atoms in total. The average molecular weight is 347 g/mol. The molecule has 1 heterocycles. The van der Waals surface area contributed by atoms with E-state index in [0.717, 1.165) is 6.07 Å². The highest BCUT2D eigenvalue weighted by Gasteiger charge is 2.31. The van der Waals surface area contributed by atoms with Gasteiger partial charge in [0.25, 0.3) is 0 Å². The summed E-state index contributed by atoms with van der Waals surface area (Å²) in [6.45, 7) is 2.32. The Kier molecular flexibility index (Phi) is 4.74. The van der Waals surface area contributed by atoms with Gasteiger partial charge in [-0.1, -0.05) is 11.6 Å². The van der Waals surface area contributed by atoms with E-state index in [1.165, 1.54) is 23.4 Å². The number of carboxylic acids is 1. The Morgan fingerprint density at radius 2 is 1.77 bits per heavy atom. The van der Waals surface area contributed by atoms with Crippen LogP contribution in [-0.4, -0.2) is 60.8 Å².